The number of nitrogens with zero attached hydrogens (tertiary/aromatic N) is 1. The minimum atomic E-state index is -2.82. The van der Waals surface area contributed by atoms with Crippen molar-refractivity contribution in [2.24, 2.45) is 5.73 Å². The van der Waals surface area contributed by atoms with Gasteiger partial charge in [0, 0.05) is 18.3 Å². The summed E-state index contributed by atoms with van der Waals surface area (Å²) in [6.45, 7) is 0.825. The first kappa shape index (κ1) is 13.9. The van der Waals surface area contributed by atoms with Gasteiger partial charge in [-0.05, 0) is 32.9 Å². The molecule has 0 radical (unpaired) electrons. The Kier molecular flexibility index (Phi) is 5.21. The van der Waals surface area contributed by atoms with Crippen LogP contribution < -0.4 is 5.73 Å². The van der Waals surface area contributed by atoms with Gasteiger partial charge in [-0.15, -0.1) is 0 Å². The smallest absolute Gasteiger partial charge is 0.147 e. The number of hydrogen-bond acceptors (Lipinski definition) is 4. The lowest BCUT2D eigenvalue weighted by molar-refractivity contribution is 0.169. The lowest BCUT2D eigenvalue weighted by Gasteiger charge is -2.36. The molecule has 1 aliphatic carbocycles. The first-order valence-electron chi connectivity index (χ1n) is 6.04. The Hall–Kier alpha value is -0.130. The maximum atomic E-state index is 11.0. The van der Waals surface area contributed by atoms with Gasteiger partial charge in [-0.3, -0.25) is 0 Å². The summed E-state index contributed by atoms with van der Waals surface area (Å²) in [6, 6.07) is 0.699. The van der Waals surface area contributed by atoms with E-state index in [4.69, 9.17) is 5.73 Å². The summed E-state index contributed by atoms with van der Waals surface area (Å²) in [6.07, 6.45) is 6.72. The topological polar surface area (TPSA) is 63.4 Å². The van der Waals surface area contributed by atoms with Crippen molar-refractivity contribution in [3.8, 4) is 0 Å². The first-order chi connectivity index (χ1) is 7.40. The van der Waals surface area contributed by atoms with Gasteiger partial charge in [0.1, 0.15) is 9.84 Å². The van der Waals surface area contributed by atoms with Gasteiger partial charge in [-0.2, -0.15) is 0 Å². The highest BCUT2D eigenvalue weighted by atomic mass is 32.2. The van der Waals surface area contributed by atoms with Crippen LogP contribution in [-0.2, 0) is 9.84 Å². The van der Waals surface area contributed by atoms with Crippen LogP contribution in [0.4, 0.5) is 0 Å². The lowest BCUT2D eigenvalue weighted by atomic mass is 9.90. The van der Waals surface area contributed by atoms with E-state index in [1.54, 1.807) is 0 Å². The van der Waals surface area contributed by atoms with E-state index < -0.39 is 9.84 Å². The van der Waals surface area contributed by atoms with E-state index in [0.717, 1.165) is 19.4 Å². The van der Waals surface area contributed by atoms with Crippen LogP contribution in [0, 0.1) is 0 Å². The van der Waals surface area contributed by atoms with Crippen molar-refractivity contribution in [1.82, 2.24) is 4.90 Å². The molecule has 0 saturated heterocycles. The molecule has 0 aromatic carbocycles. The summed E-state index contributed by atoms with van der Waals surface area (Å²) in [5, 5.41) is 0. The van der Waals surface area contributed by atoms with Crippen molar-refractivity contribution < 1.29 is 8.42 Å². The van der Waals surface area contributed by atoms with Crippen LogP contribution in [0.5, 0.6) is 0 Å². The maximum Gasteiger partial charge on any atom is 0.147 e. The van der Waals surface area contributed by atoms with Gasteiger partial charge < -0.3 is 10.6 Å². The third-order valence-electron chi connectivity index (χ3n) is 3.37. The zero-order valence-electron chi connectivity index (χ0n) is 10.4. The van der Waals surface area contributed by atoms with Crippen molar-refractivity contribution in [2.45, 2.75) is 44.2 Å². The highest BCUT2D eigenvalue weighted by Gasteiger charge is 2.24. The van der Waals surface area contributed by atoms with Gasteiger partial charge in [0.15, 0.2) is 0 Å². The second-order valence-electron chi connectivity index (χ2n) is 4.98. The van der Waals surface area contributed by atoms with E-state index in [1.165, 1.54) is 19.1 Å². The predicted octanol–water partition coefficient (Wildman–Crippen LogP) is 0.623. The van der Waals surface area contributed by atoms with Gasteiger partial charge >= 0.3 is 0 Å². The van der Waals surface area contributed by atoms with E-state index in [1.807, 2.05) is 0 Å². The minimum absolute atomic E-state index is 0.261. The molecule has 0 heterocycles. The number of nitrogens with two attached hydrogens (primary N) is 1. The van der Waals surface area contributed by atoms with E-state index in [2.05, 4.69) is 11.9 Å². The molecule has 0 aromatic heterocycles. The Morgan fingerprint density at radius 1 is 1.31 bits per heavy atom. The van der Waals surface area contributed by atoms with E-state index in [-0.39, 0.29) is 11.8 Å². The zero-order chi connectivity index (χ0) is 12.2. The van der Waals surface area contributed by atoms with Crippen molar-refractivity contribution >= 4 is 9.84 Å². The van der Waals surface area contributed by atoms with Crippen LogP contribution in [0.1, 0.15) is 32.1 Å². The lowest BCUT2D eigenvalue weighted by Crippen LogP contribution is -2.48. The van der Waals surface area contributed by atoms with Crippen molar-refractivity contribution in [3.05, 3.63) is 0 Å². The number of likely N-dealkylation sites (N-methyl/N-ethyl adjacent to an activating group) is 1. The van der Waals surface area contributed by atoms with Crippen molar-refractivity contribution in [1.29, 1.82) is 0 Å². The molecule has 1 rings (SSSR count). The molecule has 16 heavy (non-hydrogen) atoms. The number of sulfone groups is 1. The average Bonchev–Trinajstić information content (AvgIpc) is 2.16. The maximum absolute atomic E-state index is 11.0. The van der Waals surface area contributed by atoms with Gasteiger partial charge in [0.25, 0.3) is 0 Å². The number of rotatable bonds is 5. The predicted molar refractivity (Wildman–Crippen MR) is 67.2 cm³/mol. The standard InChI is InChI=1S/C11H24N2O2S/c1-13(8-5-9-16(2,14)15)11-7-4-3-6-10(11)12/h10-11H,3-9,12H2,1-2H3. The highest BCUT2D eigenvalue weighted by molar-refractivity contribution is 7.90. The minimum Gasteiger partial charge on any atom is -0.326 e. The molecule has 1 saturated carbocycles. The molecule has 2 atom stereocenters. The Morgan fingerprint density at radius 3 is 2.50 bits per heavy atom. The third-order valence-corrected chi connectivity index (χ3v) is 4.40. The normalized spacial score (nSPS) is 27.2. The molecule has 0 amide bonds. The summed E-state index contributed by atoms with van der Waals surface area (Å²) >= 11 is 0. The fourth-order valence-electron chi connectivity index (χ4n) is 2.43. The van der Waals surface area contributed by atoms with Gasteiger partial charge in [0.05, 0.1) is 5.75 Å². The molecule has 4 nitrogen and oxygen atoms in total. The largest absolute Gasteiger partial charge is 0.326 e. The van der Waals surface area contributed by atoms with Crippen LogP contribution in [0.25, 0.3) is 0 Å². The van der Waals surface area contributed by atoms with Crippen LogP contribution in [0.15, 0.2) is 0 Å². The van der Waals surface area contributed by atoms with Crippen molar-refractivity contribution in [2.75, 3.05) is 25.6 Å². The Morgan fingerprint density at radius 2 is 1.94 bits per heavy atom. The molecule has 0 aromatic rings. The Balaban J connectivity index is 2.31. The zero-order valence-corrected chi connectivity index (χ0v) is 11.2. The quantitative estimate of drug-likeness (QED) is 0.775. The van der Waals surface area contributed by atoms with Gasteiger partial charge in [-0.1, -0.05) is 12.8 Å². The Bertz CT molecular complexity index is 303. The molecule has 5 heteroatoms. The summed E-state index contributed by atoms with van der Waals surface area (Å²) < 4.78 is 22.0. The number of hydrogen-bond donors (Lipinski definition) is 1. The van der Waals surface area contributed by atoms with Crippen LogP contribution in [0.3, 0.4) is 0 Å². The molecule has 0 bridgehead atoms. The van der Waals surface area contributed by atoms with E-state index >= 15 is 0 Å². The summed E-state index contributed by atoms with van der Waals surface area (Å²) in [7, 11) is -0.768. The second kappa shape index (κ2) is 5.98. The molecular formula is C11H24N2O2S. The summed E-state index contributed by atoms with van der Waals surface area (Å²) in [5.41, 5.74) is 6.08. The highest BCUT2D eigenvalue weighted by Crippen LogP contribution is 2.21. The molecule has 0 spiro atoms. The van der Waals surface area contributed by atoms with Crippen LogP contribution in [-0.4, -0.2) is 51.0 Å². The van der Waals surface area contributed by atoms with E-state index in [0.29, 0.717) is 12.5 Å². The van der Waals surface area contributed by atoms with Crippen LogP contribution in [0.2, 0.25) is 0 Å². The van der Waals surface area contributed by atoms with Gasteiger partial charge in [0.2, 0.25) is 0 Å². The molecule has 1 aliphatic rings. The summed E-state index contributed by atoms with van der Waals surface area (Å²) in [4.78, 5) is 2.23. The SMILES string of the molecule is CN(CCCS(C)(=O)=O)C1CCCCC1N. The van der Waals surface area contributed by atoms with E-state index in [9.17, 15) is 8.42 Å². The third kappa shape index (κ3) is 4.80. The summed E-state index contributed by atoms with van der Waals surface area (Å²) in [5.74, 6) is 0.277. The van der Waals surface area contributed by atoms with Crippen molar-refractivity contribution in [3.63, 3.8) is 0 Å². The molecule has 2 N–H and O–H groups in total. The first-order valence-corrected chi connectivity index (χ1v) is 8.10. The average molecular weight is 248 g/mol. The fraction of sp³-hybridized carbons (Fsp3) is 1.00. The molecule has 1 fully saturated rings. The molecule has 0 aliphatic heterocycles. The monoisotopic (exact) mass is 248 g/mol. The molecular weight excluding hydrogens is 224 g/mol. The fourth-order valence-corrected chi connectivity index (χ4v) is 3.08. The molecule has 2 unspecified atom stereocenters. The van der Waals surface area contributed by atoms with Crippen LogP contribution >= 0.6 is 0 Å². The Labute approximate surface area is 99.1 Å². The second-order valence-corrected chi connectivity index (χ2v) is 7.24. The molecule has 96 valence electrons. The van der Waals surface area contributed by atoms with Gasteiger partial charge in [-0.25, -0.2) is 8.42 Å².